The summed E-state index contributed by atoms with van der Waals surface area (Å²) in [6.07, 6.45) is 2.46. The predicted octanol–water partition coefficient (Wildman–Crippen LogP) is 3.61. The molecule has 0 aliphatic rings. The van der Waals surface area contributed by atoms with Crippen molar-refractivity contribution >= 4 is 0 Å². The average Bonchev–Trinajstić information content (AvgIpc) is 2.61. The van der Waals surface area contributed by atoms with Gasteiger partial charge in [-0.2, -0.15) is 5.10 Å². The molecule has 0 fully saturated rings. The summed E-state index contributed by atoms with van der Waals surface area (Å²) in [4.78, 5) is 0. The lowest BCUT2D eigenvalue weighted by Gasteiger charge is -2.15. The van der Waals surface area contributed by atoms with Crippen molar-refractivity contribution in [2.75, 3.05) is 6.54 Å². The SMILES string of the molecule is CCNC(C)c1c(C)nn(CC(CC)CC)c1C. The first kappa shape index (κ1) is 15.2. The molecule has 1 heterocycles. The molecule has 18 heavy (non-hydrogen) atoms. The second-order valence-corrected chi connectivity index (χ2v) is 5.23. The van der Waals surface area contributed by atoms with Gasteiger partial charge in [0.05, 0.1) is 5.69 Å². The molecule has 0 radical (unpaired) electrons. The van der Waals surface area contributed by atoms with Crippen LogP contribution in [0, 0.1) is 19.8 Å². The van der Waals surface area contributed by atoms with Gasteiger partial charge in [0.25, 0.3) is 0 Å². The number of aromatic nitrogens is 2. The summed E-state index contributed by atoms with van der Waals surface area (Å²) in [6, 6.07) is 0.394. The Balaban J connectivity index is 2.92. The van der Waals surface area contributed by atoms with Crippen LogP contribution in [0.4, 0.5) is 0 Å². The average molecular weight is 251 g/mol. The quantitative estimate of drug-likeness (QED) is 0.802. The van der Waals surface area contributed by atoms with E-state index in [0.29, 0.717) is 6.04 Å². The van der Waals surface area contributed by atoms with Crippen LogP contribution in [0.5, 0.6) is 0 Å². The fraction of sp³-hybridized carbons (Fsp3) is 0.800. The monoisotopic (exact) mass is 251 g/mol. The van der Waals surface area contributed by atoms with Crippen LogP contribution in [-0.4, -0.2) is 16.3 Å². The fourth-order valence-electron chi connectivity index (χ4n) is 2.71. The summed E-state index contributed by atoms with van der Waals surface area (Å²) in [6.45, 7) is 15.3. The molecule has 1 atom stereocenters. The standard InChI is InChI=1S/C15H29N3/c1-7-14(8-2)10-18-13(6)15(12(5)17-18)11(4)16-9-3/h11,14,16H,7-10H2,1-6H3. The third-order valence-corrected chi connectivity index (χ3v) is 3.97. The fourth-order valence-corrected chi connectivity index (χ4v) is 2.71. The van der Waals surface area contributed by atoms with Gasteiger partial charge in [0.2, 0.25) is 0 Å². The third kappa shape index (κ3) is 3.35. The molecule has 0 aliphatic carbocycles. The van der Waals surface area contributed by atoms with E-state index in [0.717, 1.165) is 19.0 Å². The molecule has 1 N–H and O–H groups in total. The minimum absolute atomic E-state index is 0.394. The molecule has 0 saturated carbocycles. The minimum atomic E-state index is 0.394. The predicted molar refractivity (Wildman–Crippen MR) is 77.9 cm³/mol. The number of hydrogen-bond donors (Lipinski definition) is 1. The molecule has 0 aromatic carbocycles. The zero-order valence-electron chi connectivity index (χ0n) is 12.9. The van der Waals surface area contributed by atoms with E-state index in [2.05, 4.69) is 51.5 Å². The van der Waals surface area contributed by atoms with Crippen molar-refractivity contribution in [3.8, 4) is 0 Å². The Morgan fingerprint density at radius 3 is 2.28 bits per heavy atom. The van der Waals surface area contributed by atoms with E-state index in [9.17, 15) is 0 Å². The Hall–Kier alpha value is -0.830. The summed E-state index contributed by atoms with van der Waals surface area (Å²) >= 11 is 0. The van der Waals surface area contributed by atoms with Gasteiger partial charge in [0.1, 0.15) is 0 Å². The van der Waals surface area contributed by atoms with Gasteiger partial charge in [0.15, 0.2) is 0 Å². The van der Waals surface area contributed by atoms with E-state index in [4.69, 9.17) is 5.10 Å². The lowest BCUT2D eigenvalue weighted by atomic mass is 10.0. The smallest absolute Gasteiger partial charge is 0.0644 e. The molecule has 0 spiro atoms. The van der Waals surface area contributed by atoms with E-state index >= 15 is 0 Å². The van der Waals surface area contributed by atoms with Crippen LogP contribution >= 0.6 is 0 Å². The Labute approximate surface area is 112 Å². The highest BCUT2D eigenvalue weighted by Crippen LogP contribution is 2.22. The number of nitrogens with one attached hydrogen (secondary N) is 1. The van der Waals surface area contributed by atoms with Crippen molar-refractivity contribution < 1.29 is 0 Å². The largest absolute Gasteiger partial charge is 0.310 e. The van der Waals surface area contributed by atoms with Gasteiger partial charge in [-0.3, -0.25) is 4.68 Å². The van der Waals surface area contributed by atoms with Crippen molar-refractivity contribution in [3.63, 3.8) is 0 Å². The molecular formula is C15H29N3. The molecule has 1 rings (SSSR count). The first-order chi connectivity index (χ1) is 8.54. The number of nitrogens with zero attached hydrogens (tertiary/aromatic N) is 2. The van der Waals surface area contributed by atoms with E-state index in [1.807, 2.05) is 0 Å². The van der Waals surface area contributed by atoms with Crippen LogP contribution in [-0.2, 0) is 6.54 Å². The number of aryl methyl sites for hydroxylation is 1. The second kappa shape index (κ2) is 6.93. The lowest BCUT2D eigenvalue weighted by Crippen LogP contribution is -2.19. The Bertz CT molecular complexity index is 364. The maximum atomic E-state index is 4.73. The molecule has 1 aromatic rings. The van der Waals surface area contributed by atoms with E-state index in [1.54, 1.807) is 0 Å². The molecule has 1 unspecified atom stereocenters. The summed E-state index contributed by atoms with van der Waals surface area (Å²) in [5.74, 6) is 0.741. The Morgan fingerprint density at radius 1 is 1.17 bits per heavy atom. The zero-order chi connectivity index (χ0) is 13.7. The Morgan fingerprint density at radius 2 is 1.78 bits per heavy atom. The summed E-state index contributed by atoms with van der Waals surface area (Å²) in [5.41, 5.74) is 3.88. The topological polar surface area (TPSA) is 29.9 Å². The summed E-state index contributed by atoms with van der Waals surface area (Å²) < 4.78 is 2.20. The first-order valence-electron chi connectivity index (χ1n) is 7.32. The van der Waals surface area contributed by atoms with Crippen molar-refractivity contribution in [2.24, 2.45) is 5.92 Å². The van der Waals surface area contributed by atoms with Crippen LogP contribution in [0.3, 0.4) is 0 Å². The number of rotatable bonds is 7. The van der Waals surface area contributed by atoms with Crippen LogP contribution in [0.15, 0.2) is 0 Å². The molecule has 0 amide bonds. The molecule has 0 saturated heterocycles. The number of hydrogen-bond acceptors (Lipinski definition) is 2. The van der Waals surface area contributed by atoms with Gasteiger partial charge in [-0.15, -0.1) is 0 Å². The lowest BCUT2D eigenvalue weighted by molar-refractivity contribution is 0.389. The van der Waals surface area contributed by atoms with Crippen LogP contribution in [0.1, 0.15) is 63.5 Å². The van der Waals surface area contributed by atoms with E-state index < -0.39 is 0 Å². The molecule has 3 heteroatoms. The Kier molecular flexibility index (Phi) is 5.86. The van der Waals surface area contributed by atoms with Gasteiger partial charge in [-0.05, 0) is 33.2 Å². The van der Waals surface area contributed by atoms with Crippen molar-refractivity contribution in [1.82, 2.24) is 15.1 Å². The maximum absolute atomic E-state index is 4.73. The molecule has 0 bridgehead atoms. The zero-order valence-corrected chi connectivity index (χ0v) is 12.9. The molecule has 0 aliphatic heterocycles. The second-order valence-electron chi connectivity index (χ2n) is 5.23. The highest BCUT2D eigenvalue weighted by atomic mass is 15.3. The van der Waals surface area contributed by atoms with Crippen LogP contribution in [0.2, 0.25) is 0 Å². The molecule has 104 valence electrons. The van der Waals surface area contributed by atoms with Crippen LogP contribution < -0.4 is 5.32 Å². The maximum Gasteiger partial charge on any atom is 0.0644 e. The van der Waals surface area contributed by atoms with Gasteiger partial charge in [0, 0.05) is 23.8 Å². The van der Waals surface area contributed by atoms with E-state index in [-0.39, 0.29) is 0 Å². The van der Waals surface area contributed by atoms with Crippen molar-refractivity contribution in [3.05, 3.63) is 17.0 Å². The van der Waals surface area contributed by atoms with Gasteiger partial charge in [-0.1, -0.05) is 33.6 Å². The van der Waals surface area contributed by atoms with Crippen molar-refractivity contribution in [2.45, 2.75) is 67.0 Å². The minimum Gasteiger partial charge on any atom is -0.310 e. The highest BCUT2D eigenvalue weighted by molar-refractivity contribution is 5.27. The van der Waals surface area contributed by atoms with Gasteiger partial charge >= 0.3 is 0 Å². The molecule has 1 aromatic heterocycles. The van der Waals surface area contributed by atoms with Crippen molar-refractivity contribution in [1.29, 1.82) is 0 Å². The molecule has 3 nitrogen and oxygen atoms in total. The summed E-state index contributed by atoms with van der Waals surface area (Å²) in [7, 11) is 0. The summed E-state index contributed by atoms with van der Waals surface area (Å²) in [5, 5.41) is 8.21. The highest BCUT2D eigenvalue weighted by Gasteiger charge is 2.17. The first-order valence-corrected chi connectivity index (χ1v) is 7.32. The third-order valence-electron chi connectivity index (χ3n) is 3.97. The van der Waals surface area contributed by atoms with Gasteiger partial charge in [-0.25, -0.2) is 0 Å². The van der Waals surface area contributed by atoms with E-state index in [1.165, 1.54) is 29.8 Å². The van der Waals surface area contributed by atoms with Gasteiger partial charge < -0.3 is 5.32 Å². The molecular weight excluding hydrogens is 222 g/mol. The normalized spacial score (nSPS) is 13.3. The van der Waals surface area contributed by atoms with Crippen LogP contribution in [0.25, 0.3) is 0 Å².